The molecule has 0 aromatic heterocycles. The van der Waals surface area contributed by atoms with Gasteiger partial charge in [0, 0.05) is 0 Å². The quantitative estimate of drug-likeness (QED) is 0.655. The van der Waals surface area contributed by atoms with Crippen LogP contribution in [0.3, 0.4) is 0 Å². The fraction of sp³-hybridized carbons (Fsp3) is 0.400. The van der Waals surface area contributed by atoms with Crippen molar-refractivity contribution in [1.29, 1.82) is 0 Å². The number of benzene rings is 1. The van der Waals surface area contributed by atoms with Crippen LogP contribution in [0.4, 0.5) is 0 Å². The molecule has 11 heavy (non-hydrogen) atoms. The summed E-state index contributed by atoms with van der Waals surface area (Å²) in [4.78, 5) is 0. The van der Waals surface area contributed by atoms with E-state index < -0.39 is 0 Å². The maximum Gasteiger partial charge on any atom is 0.0681 e. The Morgan fingerprint density at radius 2 is 1.91 bits per heavy atom. The molecular formula is C10H16O. The molecule has 1 rings (SSSR count). The summed E-state index contributed by atoms with van der Waals surface area (Å²) in [6.45, 7) is 6.15. The van der Waals surface area contributed by atoms with Crippen LogP contribution in [0, 0.1) is 6.92 Å². The number of hydrogen-bond donors (Lipinski definition) is 1. The smallest absolute Gasteiger partial charge is 0.0681 e. The monoisotopic (exact) mass is 152 g/mol. The summed E-state index contributed by atoms with van der Waals surface area (Å²) in [5.74, 6) is 0. The molecule has 0 atom stereocenters. The second-order valence-electron chi connectivity index (χ2n) is 2.15. The van der Waals surface area contributed by atoms with Crippen LogP contribution in [-0.2, 0) is 6.61 Å². The van der Waals surface area contributed by atoms with Crippen LogP contribution in [0.2, 0.25) is 0 Å². The summed E-state index contributed by atoms with van der Waals surface area (Å²) < 4.78 is 0. The van der Waals surface area contributed by atoms with E-state index in [-0.39, 0.29) is 6.61 Å². The number of aliphatic hydroxyl groups excluding tert-OH is 1. The lowest BCUT2D eigenvalue weighted by atomic mass is 10.1. The van der Waals surface area contributed by atoms with Gasteiger partial charge in [-0.2, -0.15) is 0 Å². The molecule has 1 aromatic rings. The van der Waals surface area contributed by atoms with Gasteiger partial charge in [-0.3, -0.25) is 0 Å². The molecule has 0 amide bonds. The van der Waals surface area contributed by atoms with Crippen LogP contribution in [0.15, 0.2) is 24.3 Å². The highest BCUT2D eigenvalue weighted by Gasteiger charge is 1.86. The van der Waals surface area contributed by atoms with E-state index >= 15 is 0 Å². The predicted molar refractivity (Wildman–Crippen MR) is 48.4 cm³/mol. The molecule has 0 aliphatic heterocycles. The second kappa shape index (κ2) is 5.93. The zero-order valence-electron chi connectivity index (χ0n) is 7.46. The predicted octanol–water partition coefficient (Wildman–Crippen LogP) is 2.51. The Kier molecular flexibility index (Phi) is 5.49. The maximum atomic E-state index is 8.66. The second-order valence-corrected chi connectivity index (χ2v) is 2.15. The van der Waals surface area contributed by atoms with E-state index in [4.69, 9.17) is 5.11 Å². The summed E-state index contributed by atoms with van der Waals surface area (Å²) in [7, 11) is 0. The molecule has 1 N–H and O–H groups in total. The van der Waals surface area contributed by atoms with E-state index in [9.17, 15) is 0 Å². The molecule has 1 nitrogen and oxygen atoms in total. The van der Waals surface area contributed by atoms with E-state index in [0.29, 0.717) is 0 Å². The molecule has 62 valence electrons. The van der Waals surface area contributed by atoms with Crippen molar-refractivity contribution in [3.63, 3.8) is 0 Å². The number of rotatable bonds is 1. The third-order valence-corrected chi connectivity index (χ3v) is 1.27. The van der Waals surface area contributed by atoms with Gasteiger partial charge in [-0.15, -0.1) is 0 Å². The standard InChI is InChI=1S/C8H10O.C2H6/c1-7-3-2-4-8(5-7)6-9;1-2/h2-5,9H,6H2,1H3;1-2H3. The fourth-order valence-electron chi connectivity index (χ4n) is 0.810. The molecule has 0 spiro atoms. The molecule has 0 aliphatic rings. The van der Waals surface area contributed by atoms with Crippen LogP contribution in [-0.4, -0.2) is 5.11 Å². The number of aryl methyl sites for hydroxylation is 1. The van der Waals surface area contributed by atoms with Crippen LogP contribution >= 0.6 is 0 Å². The van der Waals surface area contributed by atoms with Crippen molar-refractivity contribution in [2.45, 2.75) is 27.4 Å². The first-order valence-electron chi connectivity index (χ1n) is 3.99. The van der Waals surface area contributed by atoms with Gasteiger partial charge in [0.15, 0.2) is 0 Å². The maximum absolute atomic E-state index is 8.66. The average Bonchev–Trinajstić information content (AvgIpc) is 2.08. The van der Waals surface area contributed by atoms with E-state index in [1.165, 1.54) is 5.56 Å². The first-order valence-corrected chi connectivity index (χ1v) is 3.99. The fourth-order valence-corrected chi connectivity index (χ4v) is 0.810. The van der Waals surface area contributed by atoms with E-state index in [1.54, 1.807) is 0 Å². The molecule has 0 saturated heterocycles. The Balaban J connectivity index is 0.000000461. The summed E-state index contributed by atoms with van der Waals surface area (Å²) in [5, 5.41) is 8.66. The Labute approximate surface area is 68.7 Å². The third-order valence-electron chi connectivity index (χ3n) is 1.27. The topological polar surface area (TPSA) is 20.2 Å². The first-order chi connectivity index (χ1) is 5.33. The zero-order valence-corrected chi connectivity index (χ0v) is 7.46. The van der Waals surface area contributed by atoms with Gasteiger partial charge in [0.05, 0.1) is 6.61 Å². The normalized spacial score (nSPS) is 8.36. The molecule has 0 heterocycles. The van der Waals surface area contributed by atoms with E-state index in [1.807, 2.05) is 45.0 Å². The lowest BCUT2D eigenvalue weighted by Crippen LogP contribution is -1.81. The minimum Gasteiger partial charge on any atom is -0.392 e. The van der Waals surface area contributed by atoms with Crippen molar-refractivity contribution in [2.75, 3.05) is 0 Å². The molecule has 0 fully saturated rings. The van der Waals surface area contributed by atoms with Crippen molar-refractivity contribution in [2.24, 2.45) is 0 Å². The molecule has 0 unspecified atom stereocenters. The lowest BCUT2D eigenvalue weighted by molar-refractivity contribution is 0.282. The molecule has 0 radical (unpaired) electrons. The Hall–Kier alpha value is -0.820. The van der Waals surface area contributed by atoms with Gasteiger partial charge in [-0.25, -0.2) is 0 Å². The van der Waals surface area contributed by atoms with Gasteiger partial charge in [0.25, 0.3) is 0 Å². The van der Waals surface area contributed by atoms with E-state index in [0.717, 1.165) is 5.56 Å². The van der Waals surface area contributed by atoms with E-state index in [2.05, 4.69) is 0 Å². The van der Waals surface area contributed by atoms with Crippen LogP contribution in [0.25, 0.3) is 0 Å². The summed E-state index contributed by atoms with van der Waals surface area (Å²) >= 11 is 0. The summed E-state index contributed by atoms with van der Waals surface area (Å²) in [5.41, 5.74) is 2.18. The van der Waals surface area contributed by atoms with Crippen molar-refractivity contribution in [3.8, 4) is 0 Å². The minimum atomic E-state index is 0.141. The average molecular weight is 152 g/mol. The summed E-state index contributed by atoms with van der Waals surface area (Å²) in [6, 6.07) is 7.84. The highest BCUT2D eigenvalue weighted by atomic mass is 16.3. The van der Waals surface area contributed by atoms with Gasteiger partial charge in [-0.05, 0) is 12.5 Å². The largest absolute Gasteiger partial charge is 0.392 e. The highest BCUT2D eigenvalue weighted by molar-refractivity contribution is 5.21. The minimum absolute atomic E-state index is 0.141. The van der Waals surface area contributed by atoms with Gasteiger partial charge in [0.2, 0.25) is 0 Å². The van der Waals surface area contributed by atoms with Gasteiger partial charge in [-0.1, -0.05) is 43.7 Å². The molecular weight excluding hydrogens is 136 g/mol. The van der Waals surface area contributed by atoms with Crippen molar-refractivity contribution < 1.29 is 5.11 Å². The molecule has 1 aromatic carbocycles. The lowest BCUT2D eigenvalue weighted by Gasteiger charge is -1.94. The van der Waals surface area contributed by atoms with Crippen LogP contribution in [0.5, 0.6) is 0 Å². The molecule has 1 heteroatoms. The molecule has 0 aliphatic carbocycles. The van der Waals surface area contributed by atoms with Crippen molar-refractivity contribution >= 4 is 0 Å². The van der Waals surface area contributed by atoms with Gasteiger partial charge < -0.3 is 5.11 Å². The number of hydrogen-bond acceptors (Lipinski definition) is 1. The van der Waals surface area contributed by atoms with Crippen molar-refractivity contribution in [3.05, 3.63) is 35.4 Å². The van der Waals surface area contributed by atoms with Gasteiger partial charge in [0.1, 0.15) is 0 Å². The Bertz CT molecular complexity index is 194. The molecule has 0 saturated carbocycles. The summed E-state index contributed by atoms with van der Waals surface area (Å²) in [6.07, 6.45) is 0. The van der Waals surface area contributed by atoms with Crippen molar-refractivity contribution in [1.82, 2.24) is 0 Å². The SMILES string of the molecule is CC.Cc1cccc(CO)c1. The molecule has 0 bridgehead atoms. The number of aliphatic hydroxyl groups is 1. The Morgan fingerprint density at radius 1 is 1.27 bits per heavy atom. The third kappa shape index (κ3) is 3.79. The van der Waals surface area contributed by atoms with Gasteiger partial charge >= 0.3 is 0 Å². The van der Waals surface area contributed by atoms with Crippen LogP contribution < -0.4 is 0 Å². The highest BCUT2D eigenvalue weighted by Crippen LogP contribution is 2.02. The zero-order chi connectivity index (χ0) is 8.69. The Morgan fingerprint density at radius 3 is 2.27 bits per heavy atom. The first kappa shape index (κ1) is 10.2. The van der Waals surface area contributed by atoms with Crippen LogP contribution in [0.1, 0.15) is 25.0 Å².